The molecule has 0 saturated carbocycles. The topological polar surface area (TPSA) is 70.6 Å². The van der Waals surface area contributed by atoms with Gasteiger partial charge in [-0.05, 0) is 90.9 Å². The Morgan fingerprint density at radius 3 is 2.30 bits per heavy atom. The van der Waals surface area contributed by atoms with Gasteiger partial charge in [-0.2, -0.15) is 10.5 Å². The van der Waals surface area contributed by atoms with Gasteiger partial charge in [0.15, 0.2) is 5.58 Å². The fourth-order valence-corrected chi connectivity index (χ4v) is 7.56. The zero-order valence-electron chi connectivity index (χ0n) is 27.2. The maximum absolute atomic E-state index is 10.5. The molecule has 9 aromatic rings. The molecule has 0 fully saturated rings. The number of fused-ring (bicyclic) bond motifs is 8. The van der Waals surface area contributed by atoms with Crippen molar-refractivity contribution in [3.8, 4) is 34.6 Å². The van der Waals surface area contributed by atoms with Crippen molar-refractivity contribution < 1.29 is 4.42 Å². The van der Waals surface area contributed by atoms with Crippen LogP contribution in [0.1, 0.15) is 22.4 Å². The molecule has 0 saturated heterocycles. The van der Waals surface area contributed by atoms with Crippen LogP contribution in [-0.4, -0.2) is 9.13 Å². The summed E-state index contributed by atoms with van der Waals surface area (Å²) in [6.45, 7) is 6.04. The van der Waals surface area contributed by atoms with Gasteiger partial charge in [-0.15, -0.1) is 0 Å². The smallest absolute Gasteiger partial charge is 0.160 e. The van der Waals surface area contributed by atoms with Crippen molar-refractivity contribution in [2.75, 3.05) is 0 Å². The van der Waals surface area contributed by atoms with E-state index in [1.807, 2.05) is 78.9 Å². The number of hydrogen-bond donors (Lipinski definition) is 0. The zero-order valence-corrected chi connectivity index (χ0v) is 27.2. The summed E-state index contributed by atoms with van der Waals surface area (Å²) in [5.41, 5.74) is 11.7. The molecule has 0 unspecified atom stereocenters. The lowest BCUT2D eigenvalue weighted by molar-refractivity contribution is 0.671. The first-order chi connectivity index (χ1) is 24.6. The Morgan fingerprint density at radius 1 is 0.680 bits per heavy atom. The normalized spacial score (nSPS) is 11.7. The molecule has 0 aliphatic heterocycles. The van der Waals surface area contributed by atoms with Gasteiger partial charge in [0.25, 0.3) is 0 Å². The highest BCUT2D eigenvalue weighted by Gasteiger charge is 2.22. The van der Waals surface area contributed by atoms with Crippen LogP contribution < -0.4 is 0 Å². The summed E-state index contributed by atoms with van der Waals surface area (Å²) in [6.07, 6.45) is 5.85. The molecule has 0 N–H and O–H groups in total. The molecular formula is C45H28N4O. The number of benzene rings is 6. The molecule has 0 spiro atoms. The molecule has 3 aromatic heterocycles. The SMILES string of the molecule is C=C/C=C\c1c(C)c2ccc3c4cc(-c5c(C#N)cccc5-n5c6ccccc6c6cc(C#N)ccc65)ccc4oc3c2n1-c1ccccc1. The molecule has 50 heavy (non-hydrogen) atoms. The standard InChI is InChI=1S/C45H28N4O/c1-3-4-15-38-28(2)33-20-21-35-37-25-30(19-23-42(37)50-45(35)44(33)48(38)32-12-6-5-7-13-32)43-31(27-47)11-10-17-41(43)49-39-16-9-8-14-34(39)36-24-29(26-46)18-22-40(36)49/h3-25H,1H2,2H3/b15-4-. The highest BCUT2D eigenvalue weighted by Crippen LogP contribution is 2.43. The number of nitriles is 2. The lowest BCUT2D eigenvalue weighted by atomic mass is 9.96. The van der Waals surface area contributed by atoms with Crippen LogP contribution in [0.4, 0.5) is 0 Å². The molecule has 234 valence electrons. The van der Waals surface area contributed by atoms with Gasteiger partial charge in [0, 0.05) is 43.9 Å². The Bertz CT molecular complexity index is 2970. The van der Waals surface area contributed by atoms with E-state index in [0.717, 1.165) is 88.4 Å². The summed E-state index contributed by atoms with van der Waals surface area (Å²) < 4.78 is 11.2. The van der Waals surface area contributed by atoms with Crippen LogP contribution in [-0.2, 0) is 0 Å². The van der Waals surface area contributed by atoms with Crippen LogP contribution in [0, 0.1) is 29.6 Å². The van der Waals surface area contributed by atoms with Gasteiger partial charge in [0.05, 0.1) is 45.5 Å². The average molecular weight is 641 g/mol. The molecule has 3 heterocycles. The van der Waals surface area contributed by atoms with E-state index >= 15 is 0 Å². The van der Waals surface area contributed by atoms with Gasteiger partial charge in [-0.1, -0.05) is 73.3 Å². The van der Waals surface area contributed by atoms with Crippen LogP contribution in [0.15, 0.2) is 144 Å². The van der Waals surface area contributed by atoms with E-state index < -0.39 is 0 Å². The number of allylic oxidation sites excluding steroid dienone is 2. The van der Waals surface area contributed by atoms with Gasteiger partial charge in [0.1, 0.15) is 5.58 Å². The molecule has 6 aromatic carbocycles. The Kier molecular flexibility index (Phi) is 6.56. The third-order valence-corrected chi connectivity index (χ3v) is 9.76. The molecule has 0 aliphatic rings. The monoisotopic (exact) mass is 640 g/mol. The third-order valence-electron chi connectivity index (χ3n) is 9.76. The number of hydrogen-bond acceptors (Lipinski definition) is 3. The number of furan rings is 1. The molecule has 0 radical (unpaired) electrons. The van der Waals surface area contributed by atoms with Crippen molar-refractivity contribution >= 4 is 60.7 Å². The fraction of sp³-hybridized carbons (Fsp3) is 0.0222. The fourth-order valence-electron chi connectivity index (χ4n) is 7.56. The maximum atomic E-state index is 10.5. The summed E-state index contributed by atoms with van der Waals surface area (Å²) in [5.74, 6) is 0. The van der Waals surface area contributed by atoms with Gasteiger partial charge in [-0.3, -0.25) is 0 Å². The number of rotatable bonds is 5. The molecule has 0 atom stereocenters. The van der Waals surface area contributed by atoms with Crippen LogP contribution in [0.3, 0.4) is 0 Å². The van der Waals surface area contributed by atoms with E-state index in [0.29, 0.717) is 11.1 Å². The van der Waals surface area contributed by atoms with E-state index in [1.165, 1.54) is 0 Å². The van der Waals surface area contributed by atoms with Gasteiger partial charge in [0.2, 0.25) is 0 Å². The molecule has 0 bridgehead atoms. The number of aryl methyl sites for hydroxylation is 1. The number of para-hydroxylation sites is 2. The Morgan fingerprint density at radius 2 is 1.48 bits per heavy atom. The van der Waals surface area contributed by atoms with E-state index in [-0.39, 0.29) is 0 Å². The first-order valence-electron chi connectivity index (χ1n) is 16.4. The lowest BCUT2D eigenvalue weighted by Crippen LogP contribution is -1.99. The second-order valence-electron chi connectivity index (χ2n) is 12.4. The Hall–Kier alpha value is -7.08. The van der Waals surface area contributed by atoms with Crippen molar-refractivity contribution in [3.05, 3.63) is 162 Å². The van der Waals surface area contributed by atoms with Crippen molar-refractivity contribution in [2.24, 2.45) is 0 Å². The highest BCUT2D eigenvalue weighted by molar-refractivity contribution is 6.17. The maximum Gasteiger partial charge on any atom is 0.160 e. The van der Waals surface area contributed by atoms with Crippen molar-refractivity contribution in [3.63, 3.8) is 0 Å². The quantitative estimate of drug-likeness (QED) is 0.176. The predicted octanol–water partition coefficient (Wildman–Crippen LogP) is 11.5. The number of nitrogens with zero attached hydrogens (tertiary/aromatic N) is 4. The van der Waals surface area contributed by atoms with Crippen LogP contribution in [0.5, 0.6) is 0 Å². The molecule has 0 amide bonds. The summed E-state index contributed by atoms with van der Waals surface area (Å²) in [7, 11) is 0. The summed E-state index contributed by atoms with van der Waals surface area (Å²) in [5, 5.41) is 25.3. The molecule has 0 aliphatic carbocycles. The van der Waals surface area contributed by atoms with Gasteiger partial charge >= 0.3 is 0 Å². The van der Waals surface area contributed by atoms with E-state index in [9.17, 15) is 10.5 Å². The van der Waals surface area contributed by atoms with Gasteiger partial charge in [-0.25, -0.2) is 0 Å². The predicted molar refractivity (Wildman–Crippen MR) is 204 cm³/mol. The molecule has 9 rings (SSSR count). The molecule has 5 heteroatoms. The summed E-state index contributed by atoms with van der Waals surface area (Å²) >= 11 is 0. The summed E-state index contributed by atoms with van der Waals surface area (Å²) in [4.78, 5) is 0. The Balaban J connectivity index is 1.33. The number of aromatic nitrogens is 2. The third kappa shape index (κ3) is 4.18. The van der Waals surface area contributed by atoms with Crippen LogP contribution in [0.25, 0.3) is 83.2 Å². The van der Waals surface area contributed by atoms with Crippen LogP contribution >= 0.6 is 0 Å². The van der Waals surface area contributed by atoms with Crippen LogP contribution in [0.2, 0.25) is 0 Å². The first-order valence-corrected chi connectivity index (χ1v) is 16.4. The first kappa shape index (κ1) is 29.1. The van der Waals surface area contributed by atoms with Gasteiger partial charge < -0.3 is 13.6 Å². The minimum Gasteiger partial charge on any atom is -0.454 e. The largest absolute Gasteiger partial charge is 0.454 e. The summed E-state index contributed by atoms with van der Waals surface area (Å²) in [6, 6.07) is 45.5. The average Bonchev–Trinajstić information content (AvgIpc) is 3.80. The van der Waals surface area contributed by atoms with E-state index in [1.54, 1.807) is 6.08 Å². The van der Waals surface area contributed by atoms with E-state index in [4.69, 9.17) is 4.42 Å². The second kappa shape index (κ2) is 11.3. The van der Waals surface area contributed by atoms with Crippen molar-refractivity contribution in [1.29, 1.82) is 10.5 Å². The molecular weight excluding hydrogens is 613 g/mol. The molecule has 5 nitrogen and oxygen atoms in total. The zero-order chi connectivity index (χ0) is 33.9. The lowest BCUT2D eigenvalue weighted by Gasteiger charge is -2.15. The minimum atomic E-state index is 0.573. The Labute approximate surface area is 288 Å². The van der Waals surface area contributed by atoms with Crippen molar-refractivity contribution in [2.45, 2.75) is 6.92 Å². The minimum absolute atomic E-state index is 0.573. The van der Waals surface area contributed by atoms with Crippen molar-refractivity contribution in [1.82, 2.24) is 9.13 Å². The second-order valence-corrected chi connectivity index (χ2v) is 12.4. The van der Waals surface area contributed by atoms with E-state index in [2.05, 4.69) is 89.4 Å². The highest BCUT2D eigenvalue weighted by atomic mass is 16.3.